The molecule has 142 valence electrons. The van der Waals surface area contributed by atoms with Crippen LogP contribution in [0.1, 0.15) is 13.8 Å². The molecular weight excluding hydrogens is 396 g/mol. The van der Waals surface area contributed by atoms with Crippen molar-refractivity contribution >= 4 is 33.0 Å². The molecule has 0 saturated heterocycles. The summed E-state index contributed by atoms with van der Waals surface area (Å²) in [5.74, 6) is -8.77. The molecule has 2 aromatic rings. The largest absolute Gasteiger partial charge is 0.320 e. The highest BCUT2D eigenvalue weighted by Gasteiger charge is 2.31. The Hall–Kier alpha value is -1.98. The van der Waals surface area contributed by atoms with E-state index >= 15 is 0 Å². The second-order valence-electron chi connectivity index (χ2n) is 5.61. The third kappa shape index (κ3) is 4.22. The van der Waals surface area contributed by atoms with Crippen LogP contribution in [0.2, 0.25) is 0 Å². The summed E-state index contributed by atoms with van der Waals surface area (Å²) in [6.07, 6.45) is 0. The van der Waals surface area contributed by atoms with Crippen molar-refractivity contribution in [3.63, 3.8) is 0 Å². The summed E-state index contributed by atoms with van der Waals surface area (Å²) in [6, 6.07) is 1.36. The van der Waals surface area contributed by atoms with E-state index in [1.54, 1.807) is 5.32 Å². The van der Waals surface area contributed by atoms with Gasteiger partial charge in [0.15, 0.2) is 23.3 Å². The van der Waals surface area contributed by atoms with Crippen molar-refractivity contribution in [1.29, 1.82) is 0 Å². The highest BCUT2D eigenvalue weighted by Crippen LogP contribution is 2.25. The molecule has 5 nitrogen and oxygen atoms in total. The van der Waals surface area contributed by atoms with Gasteiger partial charge in [0.2, 0.25) is 5.91 Å². The monoisotopic (exact) mass is 410 g/mol. The second kappa shape index (κ2) is 7.72. The Morgan fingerprint density at radius 1 is 1.12 bits per heavy atom. The van der Waals surface area contributed by atoms with E-state index in [2.05, 4.69) is 4.72 Å². The predicted octanol–water partition coefficient (Wildman–Crippen LogP) is 3.25. The molecular formula is C15H14F4N2O3S2. The van der Waals surface area contributed by atoms with E-state index in [1.165, 1.54) is 31.4 Å². The molecule has 0 unspecified atom stereocenters. The van der Waals surface area contributed by atoms with Gasteiger partial charge in [-0.15, -0.1) is 11.3 Å². The molecule has 0 saturated carbocycles. The number of thiophene rings is 1. The van der Waals surface area contributed by atoms with E-state index in [-0.39, 0.29) is 10.3 Å². The van der Waals surface area contributed by atoms with Gasteiger partial charge in [0.1, 0.15) is 15.9 Å². The molecule has 11 heteroatoms. The number of hydrogen-bond donors (Lipinski definition) is 2. The zero-order chi connectivity index (χ0) is 19.6. The number of carbonyl (C=O) groups is 1. The first kappa shape index (κ1) is 20.3. The summed E-state index contributed by atoms with van der Waals surface area (Å²) in [5, 5.41) is 3.23. The third-order valence-corrected chi connectivity index (χ3v) is 6.19. The number of halogens is 4. The van der Waals surface area contributed by atoms with Crippen molar-refractivity contribution in [2.45, 2.75) is 24.1 Å². The van der Waals surface area contributed by atoms with Crippen molar-refractivity contribution in [2.75, 3.05) is 5.32 Å². The molecule has 0 aliphatic carbocycles. The molecule has 0 fully saturated rings. The van der Waals surface area contributed by atoms with Crippen LogP contribution in [0, 0.1) is 29.2 Å². The molecule has 0 radical (unpaired) electrons. The molecule has 0 aliphatic heterocycles. The van der Waals surface area contributed by atoms with Crippen LogP contribution in [-0.2, 0) is 14.8 Å². The summed E-state index contributed by atoms with van der Waals surface area (Å²) in [5.41, 5.74) is -1.33. The minimum atomic E-state index is -4.06. The summed E-state index contributed by atoms with van der Waals surface area (Å²) in [7, 11) is -4.06. The smallest absolute Gasteiger partial charge is 0.250 e. The Morgan fingerprint density at radius 2 is 1.69 bits per heavy atom. The van der Waals surface area contributed by atoms with Crippen molar-refractivity contribution in [2.24, 2.45) is 5.92 Å². The Bertz CT molecular complexity index is 889. The lowest BCUT2D eigenvalue weighted by Crippen LogP contribution is -2.47. The van der Waals surface area contributed by atoms with Gasteiger partial charge in [-0.2, -0.15) is 4.72 Å². The molecule has 1 aromatic heterocycles. The Kier molecular flexibility index (Phi) is 6.04. The number of nitrogens with one attached hydrogen (secondary N) is 2. The van der Waals surface area contributed by atoms with Crippen LogP contribution in [-0.4, -0.2) is 20.4 Å². The summed E-state index contributed by atoms with van der Waals surface area (Å²) >= 11 is 0.907. The quantitative estimate of drug-likeness (QED) is 0.567. The van der Waals surface area contributed by atoms with Crippen LogP contribution in [0.4, 0.5) is 23.2 Å². The van der Waals surface area contributed by atoms with Crippen molar-refractivity contribution in [3.8, 4) is 0 Å². The minimum Gasteiger partial charge on any atom is -0.320 e. The number of sulfonamides is 1. The highest BCUT2D eigenvalue weighted by molar-refractivity contribution is 7.91. The first-order valence-corrected chi connectivity index (χ1v) is 9.60. The maximum Gasteiger partial charge on any atom is 0.250 e. The van der Waals surface area contributed by atoms with Crippen molar-refractivity contribution in [3.05, 3.63) is 46.8 Å². The van der Waals surface area contributed by atoms with Gasteiger partial charge in [0, 0.05) is 6.07 Å². The van der Waals surface area contributed by atoms with E-state index in [0.29, 0.717) is 0 Å². The first-order valence-electron chi connectivity index (χ1n) is 7.24. The average Bonchev–Trinajstić information content (AvgIpc) is 3.10. The zero-order valence-electron chi connectivity index (χ0n) is 13.5. The number of hydrogen-bond acceptors (Lipinski definition) is 4. The molecule has 0 spiro atoms. The highest BCUT2D eigenvalue weighted by atomic mass is 32.2. The normalized spacial score (nSPS) is 13.0. The van der Waals surface area contributed by atoms with Gasteiger partial charge >= 0.3 is 0 Å². The average molecular weight is 410 g/mol. The number of amides is 1. The summed E-state index contributed by atoms with van der Waals surface area (Å²) in [4.78, 5) is 12.3. The first-order chi connectivity index (χ1) is 12.0. The van der Waals surface area contributed by atoms with Gasteiger partial charge in [-0.3, -0.25) is 4.79 Å². The minimum absolute atomic E-state index is 0.000246. The number of anilines is 1. The van der Waals surface area contributed by atoms with Gasteiger partial charge in [-0.1, -0.05) is 19.9 Å². The van der Waals surface area contributed by atoms with E-state index in [0.717, 1.165) is 11.3 Å². The Labute approximate surface area is 151 Å². The SMILES string of the molecule is CC(C)[C@@H](NS(=O)(=O)c1cccs1)C(=O)Nc1c(F)c(F)cc(F)c1F. The molecule has 1 atom stereocenters. The maximum atomic E-state index is 13.7. The van der Waals surface area contributed by atoms with Gasteiger partial charge < -0.3 is 5.32 Å². The van der Waals surface area contributed by atoms with Crippen molar-refractivity contribution < 1.29 is 30.8 Å². The van der Waals surface area contributed by atoms with Gasteiger partial charge in [0.05, 0.1) is 0 Å². The third-order valence-electron chi connectivity index (χ3n) is 3.35. The lowest BCUT2D eigenvalue weighted by atomic mass is 10.0. The summed E-state index contributed by atoms with van der Waals surface area (Å²) in [6.45, 7) is 2.97. The number of benzene rings is 1. The van der Waals surface area contributed by atoms with Gasteiger partial charge in [-0.05, 0) is 17.4 Å². The fourth-order valence-electron chi connectivity index (χ4n) is 2.02. The van der Waals surface area contributed by atoms with Crippen LogP contribution in [0.3, 0.4) is 0 Å². The Balaban J connectivity index is 2.31. The molecule has 0 bridgehead atoms. The van der Waals surface area contributed by atoms with Crippen molar-refractivity contribution in [1.82, 2.24) is 4.72 Å². The van der Waals surface area contributed by atoms with Crippen LogP contribution >= 0.6 is 11.3 Å². The van der Waals surface area contributed by atoms with E-state index < -0.39 is 56.8 Å². The fourth-order valence-corrected chi connectivity index (χ4v) is 4.37. The lowest BCUT2D eigenvalue weighted by molar-refractivity contribution is -0.118. The lowest BCUT2D eigenvalue weighted by Gasteiger charge is -2.21. The van der Waals surface area contributed by atoms with Crippen LogP contribution < -0.4 is 10.0 Å². The molecule has 1 amide bonds. The molecule has 1 heterocycles. The number of carbonyl (C=O) groups excluding carboxylic acids is 1. The topological polar surface area (TPSA) is 75.3 Å². The second-order valence-corrected chi connectivity index (χ2v) is 8.50. The molecule has 2 N–H and O–H groups in total. The molecule has 1 aromatic carbocycles. The Morgan fingerprint density at radius 3 is 2.15 bits per heavy atom. The maximum absolute atomic E-state index is 13.7. The van der Waals surface area contributed by atoms with Gasteiger partial charge in [-0.25, -0.2) is 26.0 Å². The molecule has 2 rings (SSSR count). The molecule has 0 aliphatic rings. The van der Waals surface area contributed by atoms with E-state index in [4.69, 9.17) is 0 Å². The fraction of sp³-hybridized carbons (Fsp3) is 0.267. The van der Waals surface area contributed by atoms with Gasteiger partial charge in [0.25, 0.3) is 10.0 Å². The summed E-state index contributed by atoms with van der Waals surface area (Å²) < 4.78 is 80.5. The number of rotatable bonds is 6. The zero-order valence-corrected chi connectivity index (χ0v) is 15.2. The van der Waals surface area contributed by atoms with Crippen LogP contribution in [0.15, 0.2) is 27.8 Å². The van der Waals surface area contributed by atoms with E-state index in [1.807, 2.05) is 0 Å². The van der Waals surface area contributed by atoms with Crippen LogP contribution in [0.25, 0.3) is 0 Å². The van der Waals surface area contributed by atoms with Crippen LogP contribution in [0.5, 0.6) is 0 Å². The predicted molar refractivity (Wildman–Crippen MR) is 88.2 cm³/mol. The van der Waals surface area contributed by atoms with E-state index in [9.17, 15) is 30.8 Å². The molecule has 26 heavy (non-hydrogen) atoms. The standard InChI is InChI=1S/C15H14F4N2O3S2/c1-7(2)13(21-26(23,24)10-4-3-5-25-10)15(22)20-14-11(18)8(16)6-9(17)12(14)19/h3-7,13,21H,1-2H3,(H,20,22)/t13-/m1/s1.